The first kappa shape index (κ1) is 31.7. The molecule has 0 radical (unpaired) electrons. The Morgan fingerprint density at radius 3 is 1.07 bits per heavy atom. The quantitative estimate of drug-likeness (QED) is 0.169. The predicted octanol–water partition coefficient (Wildman–Crippen LogP) is 10.4. The first-order chi connectivity index (χ1) is 12.2. The molecule has 2 heteroatoms. The Bertz CT molecular complexity index is 295. The van der Waals surface area contributed by atoms with Gasteiger partial charge < -0.3 is 6.15 Å². The zero-order chi connectivity index (χ0) is 18.6. The minimum absolute atomic E-state index is 0. The molecule has 3 N–H and O–H groups in total. The van der Waals surface area contributed by atoms with Crippen molar-refractivity contribution >= 4 is 12.4 Å². The molecule has 0 aromatic heterocycles. The maximum atomic E-state index is 2.30. The van der Waals surface area contributed by atoms with Gasteiger partial charge in [0, 0.05) is 0 Å². The largest absolute Gasteiger partial charge is 0.344 e. The van der Waals surface area contributed by atoms with Crippen LogP contribution in [-0.4, -0.2) is 0 Å². The molecule has 0 saturated heterocycles. The topological polar surface area (TPSA) is 35.0 Å². The third kappa shape index (κ3) is 24.0. The van der Waals surface area contributed by atoms with Gasteiger partial charge in [0.15, 0.2) is 0 Å². The van der Waals surface area contributed by atoms with Crippen LogP contribution in [0.2, 0.25) is 0 Å². The van der Waals surface area contributed by atoms with Crippen molar-refractivity contribution < 1.29 is 0 Å². The van der Waals surface area contributed by atoms with Crippen molar-refractivity contribution in [1.82, 2.24) is 6.15 Å². The molecule has 0 bridgehead atoms. The summed E-state index contributed by atoms with van der Waals surface area (Å²) >= 11 is 0. The molecule has 166 valence electrons. The van der Waals surface area contributed by atoms with Crippen molar-refractivity contribution in [2.24, 2.45) is 0 Å². The molecule has 0 aliphatic rings. The SMILES string of the molecule is CCCCCCCCCCCCCCCCCCC(CCC)=C(C)C.Cl.N. The van der Waals surface area contributed by atoms with Gasteiger partial charge in [-0.15, -0.1) is 12.4 Å². The van der Waals surface area contributed by atoms with Gasteiger partial charge >= 0.3 is 0 Å². The zero-order valence-electron chi connectivity index (χ0n) is 19.6. The van der Waals surface area contributed by atoms with Crippen LogP contribution < -0.4 is 6.15 Å². The van der Waals surface area contributed by atoms with E-state index < -0.39 is 0 Å². The number of rotatable bonds is 19. The summed E-state index contributed by atoms with van der Waals surface area (Å²) in [6.45, 7) is 9.18. The summed E-state index contributed by atoms with van der Waals surface area (Å²) in [4.78, 5) is 0. The molecule has 0 rings (SSSR count). The third-order valence-corrected chi connectivity index (χ3v) is 5.59. The van der Waals surface area contributed by atoms with Crippen molar-refractivity contribution in [2.75, 3.05) is 0 Å². The summed E-state index contributed by atoms with van der Waals surface area (Å²) in [7, 11) is 0. The maximum absolute atomic E-state index is 2.30. The smallest absolute Gasteiger partial charge is 0.0318 e. The van der Waals surface area contributed by atoms with E-state index >= 15 is 0 Å². The third-order valence-electron chi connectivity index (χ3n) is 5.59. The van der Waals surface area contributed by atoms with Crippen molar-refractivity contribution in [3.05, 3.63) is 11.1 Å². The highest BCUT2D eigenvalue weighted by Gasteiger charge is 1.99. The summed E-state index contributed by atoms with van der Waals surface area (Å²) in [5, 5.41) is 0. The second kappa shape index (κ2) is 26.0. The molecule has 0 aromatic rings. The lowest BCUT2D eigenvalue weighted by Crippen LogP contribution is -1.88. The van der Waals surface area contributed by atoms with E-state index in [0.717, 1.165) is 0 Å². The average molecular weight is 404 g/mol. The van der Waals surface area contributed by atoms with Gasteiger partial charge in [0.25, 0.3) is 0 Å². The van der Waals surface area contributed by atoms with E-state index in [1.165, 1.54) is 122 Å². The van der Waals surface area contributed by atoms with Gasteiger partial charge in [-0.1, -0.05) is 128 Å². The molecule has 0 atom stereocenters. The van der Waals surface area contributed by atoms with Crippen LogP contribution in [-0.2, 0) is 0 Å². The fourth-order valence-electron chi connectivity index (χ4n) is 3.81. The highest BCUT2D eigenvalue weighted by atomic mass is 35.5. The fraction of sp³-hybridized carbons (Fsp3) is 0.920. The second-order valence-corrected chi connectivity index (χ2v) is 8.41. The van der Waals surface area contributed by atoms with Crippen molar-refractivity contribution in [3.8, 4) is 0 Å². The van der Waals surface area contributed by atoms with Crippen LogP contribution in [0.4, 0.5) is 0 Å². The summed E-state index contributed by atoms with van der Waals surface area (Å²) < 4.78 is 0. The minimum Gasteiger partial charge on any atom is -0.344 e. The Morgan fingerprint density at radius 1 is 0.444 bits per heavy atom. The molecule has 27 heavy (non-hydrogen) atoms. The molecule has 0 heterocycles. The molecule has 0 spiro atoms. The van der Waals surface area contributed by atoms with Gasteiger partial charge in [-0.3, -0.25) is 0 Å². The van der Waals surface area contributed by atoms with E-state index in [2.05, 4.69) is 27.7 Å². The van der Waals surface area contributed by atoms with E-state index in [1.807, 2.05) is 0 Å². The van der Waals surface area contributed by atoms with Crippen molar-refractivity contribution in [2.45, 2.75) is 150 Å². The number of unbranched alkanes of at least 4 members (excludes halogenated alkanes) is 15. The average Bonchev–Trinajstić information content (AvgIpc) is 2.60. The highest BCUT2D eigenvalue weighted by molar-refractivity contribution is 5.85. The Hall–Kier alpha value is -0.0100. The summed E-state index contributed by atoms with van der Waals surface area (Å²) in [5.41, 5.74) is 3.30. The normalized spacial score (nSPS) is 10.2. The standard InChI is InChI=1S/C25H50.ClH.H3N/c1-5-7-8-9-10-11-12-13-14-15-16-17-18-19-20-21-23-25(22-6-2)24(3)4;;/h5-23H2,1-4H3;1H;1H3. The van der Waals surface area contributed by atoms with E-state index in [0.29, 0.717) is 0 Å². The van der Waals surface area contributed by atoms with Gasteiger partial charge in [-0.25, -0.2) is 0 Å². The molecule has 0 fully saturated rings. The highest BCUT2D eigenvalue weighted by Crippen LogP contribution is 2.19. The van der Waals surface area contributed by atoms with Gasteiger partial charge in [0.2, 0.25) is 0 Å². The Labute approximate surface area is 179 Å². The maximum Gasteiger partial charge on any atom is -0.0318 e. The van der Waals surface area contributed by atoms with Crippen LogP contribution in [0.25, 0.3) is 0 Å². The van der Waals surface area contributed by atoms with Gasteiger partial charge in [-0.2, -0.15) is 0 Å². The molecule has 0 unspecified atom stereocenters. The molecule has 0 amide bonds. The first-order valence-corrected chi connectivity index (χ1v) is 11.9. The lowest BCUT2D eigenvalue weighted by atomic mass is 9.98. The van der Waals surface area contributed by atoms with Gasteiger partial charge in [-0.05, 0) is 33.1 Å². The molecular formula is C25H54ClN. The summed E-state index contributed by atoms with van der Waals surface area (Å²) in [5.74, 6) is 0. The second-order valence-electron chi connectivity index (χ2n) is 8.41. The molecule has 1 nitrogen and oxygen atoms in total. The van der Waals surface area contributed by atoms with Crippen LogP contribution in [0.15, 0.2) is 11.1 Å². The summed E-state index contributed by atoms with van der Waals surface area (Å²) in [6.07, 6.45) is 27.4. The number of hydrogen-bond donors (Lipinski definition) is 1. The van der Waals surface area contributed by atoms with Crippen LogP contribution in [0.1, 0.15) is 150 Å². The van der Waals surface area contributed by atoms with E-state index in [4.69, 9.17) is 0 Å². The Balaban J connectivity index is -0.00000288. The summed E-state index contributed by atoms with van der Waals surface area (Å²) in [6, 6.07) is 0. The lowest BCUT2D eigenvalue weighted by molar-refractivity contribution is 0.529. The van der Waals surface area contributed by atoms with Gasteiger partial charge in [0.1, 0.15) is 0 Å². The number of hydrogen-bond acceptors (Lipinski definition) is 1. The van der Waals surface area contributed by atoms with Crippen LogP contribution >= 0.6 is 12.4 Å². The van der Waals surface area contributed by atoms with E-state index in [9.17, 15) is 0 Å². The fourth-order valence-corrected chi connectivity index (χ4v) is 3.81. The molecule has 0 aliphatic heterocycles. The Kier molecular flexibility index (Phi) is 30.5. The minimum atomic E-state index is 0. The van der Waals surface area contributed by atoms with E-state index in [1.54, 1.807) is 11.1 Å². The molecule has 0 aliphatic carbocycles. The Morgan fingerprint density at radius 2 is 0.778 bits per heavy atom. The van der Waals surface area contributed by atoms with Gasteiger partial charge in [0.05, 0.1) is 0 Å². The molecule has 0 aromatic carbocycles. The van der Waals surface area contributed by atoms with E-state index in [-0.39, 0.29) is 18.6 Å². The monoisotopic (exact) mass is 403 g/mol. The van der Waals surface area contributed by atoms with Crippen LogP contribution in [0.3, 0.4) is 0 Å². The van der Waals surface area contributed by atoms with Crippen molar-refractivity contribution in [1.29, 1.82) is 0 Å². The van der Waals surface area contributed by atoms with Crippen LogP contribution in [0, 0.1) is 0 Å². The number of halogens is 1. The predicted molar refractivity (Wildman–Crippen MR) is 130 cm³/mol. The lowest BCUT2D eigenvalue weighted by Gasteiger charge is -2.09. The zero-order valence-corrected chi connectivity index (χ0v) is 20.4. The molecule has 0 saturated carbocycles. The van der Waals surface area contributed by atoms with Crippen molar-refractivity contribution in [3.63, 3.8) is 0 Å². The van der Waals surface area contributed by atoms with Crippen LogP contribution in [0.5, 0.6) is 0 Å². The molecular weight excluding hydrogens is 350 g/mol. The number of allylic oxidation sites excluding steroid dienone is 2. The first-order valence-electron chi connectivity index (χ1n) is 11.9.